The van der Waals surface area contributed by atoms with Crippen LogP contribution in [0.15, 0.2) is 58.2 Å². The first-order chi connectivity index (χ1) is 15.5. The van der Waals surface area contributed by atoms with E-state index in [0.29, 0.717) is 29.9 Å². The number of nitrogens with one attached hydrogen (secondary N) is 1. The van der Waals surface area contributed by atoms with Gasteiger partial charge in [-0.1, -0.05) is 52.8 Å². The highest BCUT2D eigenvalue weighted by Gasteiger charge is 2.20. The number of carbonyl (C=O) groups is 1. The van der Waals surface area contributed by atoms with E-state index in [1.54, 1.807) is 12.1 Å². The molecule has 0 bridgehead atoms. The third kappa shape index (κ3) is 5.02. The van der Waals surface area contributed by atoms with Gasteiger partial charge in [0.1, 0.15) is 5.82 Å². The Balaban J connectivity index is 1.41. The fourth-order valence-corrected chi connectivity index (χ4v) is 3.87. The van der Waals surface area contributed by atoms with Crippen molar-refractivity contribution in [3.63, 3.8) is 0 Å². The van der Waals surface area contributed by atoms with Crippen LogP contribution in [0.4, 0.5) is 4.39 Å². The van der Waals surface area contributed by atoms with Crippen LogP contribution in [-0.4, -0.2) is 36.6 Å². The molecule has 4 rings (SSSR count). The first kappa shape index (κ1) is 21.7. The Morgan fingerprint density at radius 1 is 1.19 bits per heavy atom. The Labute approximate surface area is 188 Å². The van der Waals surface area contributed by atoms with Gasteiger partial charge >= 0.3 is 0 Å². The van der Waals surface area contributed by atoms with Crippen molar-refractivity contribution in [1.82, 2.24) is 30.2 Å². The van der Waals surface area contributed by atoms with Crippen molar-refractivity contribution in [2.45, 2.75) is 32.1 Å². The van der Waals surface area contributed by atoms with Gasteiger partial charge in [-0.2, -0.15) is 4.98 Å². The molecule has 2 heterocycles. The predicted molar refractivity (Wildman–Crippen MR) is 118 cm³/mol. The number of nitrogens with zero attached hydrogens (tertiary/aromatic N) is 5. The molecule has 1 amide bonds. The Bertz CT molecular complexity index is 1220. The molecular weight excluding hydrogens is 431 g/mol. The summed E-state index contributed by atoms with van der Waals surface area (Å²) < 4.78 is 20.2. The second-order valence-corrected chi connectivity index (χ2v) is 7.98. The van der Waals surface area contributed by atoms with E-state index in [0.717, 1.165) is 16.7 Å². The van der Waals surface area contributed by atoms with E-state index >= 15 is 0 Å². The van der Waals surface area contributed by atoms with Crippen LogP contribution in [0.3, 0.4) is 0 Å². The highest BCUT2D eigenvalue weighted by molar-refractivity contribution is 7.99. The van der Waals surface area contributed by atoms with Crippen molar-refractivity contribution in [3.8, 4) is 23.1 Å². The molecule has 1 N–H and O–H groups in total. The lowest BCUT2D eigenvalue weighted by Crippen LogP contribution is -2.24. The summed E-state index contributed by atoms with van der Waals surface area (Å²) in [6.07, 6.45) is 0. The van der Waals surface area contributed by atoms with Crippen molar-refractivity contribution in [2.75, 3.05) is 5.75 Å². The zero-order valence-corrected chi connectivity index (χ0v) is 18.4. The van der Waals surface area contributed by atoms with E-state index in [9.17, 15) is 9.18 Å². The summed E-state index contributed by atoms with van der Waals surface area (Å²) in [4.78, 5) is 16.7. The monoisotopic (exact) mass is 452 g/mol. The van der Waals surface area contributed by atoms with Gasteiger partial charge in [0.25, 0.3) is 5.89 Å². The van der Waals surface area contributed by atoms with E-state index in [-0.39, 0.29) is 23.4 Å². The fourth-order valence-electron chi connectivity index (χ4n) is 3.04. The van der Waals surface area contributed by atoms with Gasteiger partial charge in [0, 0.05) is 18.7 Å². The molecule has 0 saturated carbocycles. The molecule has 0 fully saturated rings. The minimum atomic E-state index is -0.308. The highest BCUT2D eigenvalue weighted by atomic mass is 32.2. The summed E-state index contributed by atoms with van der Waals surface area (Å²) in [6, 6.07) is 13.8. The number of rotatable bonds is 8. The van der Waals surface area contributed by atoms with Gasteiger partial charge in [-0.15, -0.1) is 10.2 Å². The molecule has 10 heteroatoms. The highest BCUT2D eigenvalue weighted by Crippen LogP contribution is 2.25. The maximum absolute atomic E-state index is 13.0. The van der Waals surface area contributed by atoms with Crippen LogP contribution < -0.4 is 5.32 Å². The first-order valence-corrected chi connectivity index (χ1v) is 11.0. The van der Waals surface area contributed by atoms with E-state index in [1.165, 1.54) is 23.9 Å². The lowest BCUT2D eigenvalue weighted by atomic mass is 10.1. The number of aromatic nitrogens is 5. The lowest BCUT2D eigenvalue weighted by Gasteiger charge is -2.06. The minimum absolute atomic E-state index is 0.161. The number of carbonyl (C=O) groups excluding carboxylic acids is 1. The van der Waals surface area contributed by atoms with Crippen LogP contribution in [-0.2, 0) is 17.9 Å². The van der Waals surface area contributed by atoms with Crippen molar-refractivity contribution in [2.24, 2.45) is 0 Å². The second-order valence-electron chi connectivity index (χ2n) is 7.03. The smallest absolute Gasteiger partial charge is 0.296 e. The molecule has 0 aliphatic heterocycles. The van der Waals surface area contributed by atoms with Crippen LogP contribution >= 0.6 is 11.8 Å². The van der Waals surface area contributed by atoms with E-state index < -0.39 is 0 Å². The lowest BCUT2D eigenvalue weighted by molar-refractivity contribution is -0.118. The average Bonchev–Trinajstić information content (AvgIpc) is 3.44. The minimum Gasteiger partial charge on any atom is -0.351 e. The molecule has 2 aromatic carbocycles. The van der Waals surface area contributed by atoms with Gasteiger partial charge in [0.05, 0.1) is 5.75 Å². The number of hydrogen-bond donors (Lipinski definition) is 1. The standard InChI is InChI=1S/C22H21FN6O2S/c1-3-29-20(21-25-19(28-31-21)16-6-4-5-14(2)11-16)26-27-22(29)32-13-18(30)24-12-15-7-9-17(23)10-8-15/h4-11H,3,12-13H2,1-2H3,(H,24,30). The van der Waals surface area contributed by atoms with Gasteiger partial charge < -0.3 is 9.84 Å². The summed E-state index contributed by atoms with van der Waals surface area (Å²) in [7, 11) is 0. The maximum atomic E-state index is 13.0. The van der Waals surface area contributed by atoms with Crippen LogP contribution in [0, 0.1) is 12.7 Å². The van der Waals surface area contributed by atoms with E-state index in [2.05, 4.69) is 25.7 Å². The number of thioether (sulfide) groups is 1. The van der Waals surface area contributed by atoms with Crippen molar-refractivity contribution in [3.05, 3.63) is 65.5 Å². The van der Waals surface area contributed by atoms with Crippen molar-refractivity contribution < 1.29 is 13.7 Å². The van der Waals surface area contributed by atoms with Crippen LogP contribution in [0.5, 0.6) is 0 Å². The Kier molecular flexibility index (Phi) is 6.60. The molecule has 0 unspecified atom stereocenters. The largest absolute Gasteiger partial charge is 0.351 e. The molecule has 0 saturated heterocycles. The SMILES string of the molecule is CCn1c(SCC(=O)NCc2ccc(F)cc2)nnc1-c1nc(-c2cccc(C)c2)no1. The summed E-state index contributed by atoms with van der Waals surface area (Å²) in [5.74, 6) is 0.890. The summed E-state index contributed by atoms with van der Waals surface area (Å²) >= 11 is 1.27. The molecule has 32 heavy (non-hydrogen) atoms. The molecule has 0 radical (unpaired) electrons. The van der Waals surface area contributed by atoms with Crippen molar-refractivity contribution in [1.29, 1.82) is 0 Å². The number of halogens is 1. The maximum Gasteiger partial charge on any atom is 0.296 e. The molecule has 8 nitrogen and oxygen atoms in total. The van der Waals surface area contributed by atoms with Gasteiger partial charge in [-0.05, 0) is 37.6 Å². The fraction of sp³-hybridized carbons (Fsp3) is 0.227. The number of amides is 1. The van der Waals surface area contributed by atoms with Gasteiger partial charge in [0.2, 0.25) is 17.6 Å². The first-order valence-electron chi connectivity index (χ1n) is 10.0. The Morgan fingerprint density at radius 3 is 2.75 bits per heavy atom. The molecule has 2 aromatic heterocycles. The molecule has 0 atom stereocenters. The molecule has 0 aliphatic rings. The molecule has 0 aliphatic carbocycles. The number of aryl methyl sites for hydroxylation is 1. The Morgan fingerprint density at radius 2 is 2.00 bits per heavy atom. The zero-order chi connectivity index (χ0) is 22.5. The summed E-state index contributed by atoms with van der Waals surface area (Å²) in [5, 5.41) is 15.8. The quantitative estimate of drug-likeness (QED) is 0.405. The molecular formula is C22H21FN6O2S. The molecule has 4 aromatic rings. The van der Waals surface area contributed by atoms with Crippen LogP contribution in [0.2, 0.25) is 0 Å². The van der Waals surface area contributed by atoms with Gasteiger partial charge in [0.15, 0.2) is 5.16 Å². The molecule has 164 valence electrons. The summed E-state index contributed by atoms with van der Waals surface area (Å²) in [6.45, 7) is 4.85. The van der Waals surface area contributed by atoms with E-state index in [4.69, 9.17) is 4.52 Å². The topological polar surface area (TPSA) is 98.7 Å². The third-order valence-corrected chi connectivity index (χ3v) is 5.63. The van der Waals surface area contributed by atoms with Crippen LogP contribution in [0.1, 0.15) is 18.1 Å². The third-order valence-electron chi connectivity index (χ3n) is 4.66. The number of benzene rings is 2. The Hall–Kier alpha value is -3.53. The van der Waals surface area contributed by atoms with Gasteiger partial charge in [-0.3, -0.25) is 9.36 Å². The van der Waals surface area contributed by atoms with Gasteiger partial charge in [-0.25, -0.2) is 4.39 Å². The predicted octanol–water partition coefficient (Wildman–Crippen LogP) is 3.87. The number of hydrogen-bond acceptors (Lipinski definition) is 7. The average molecular weight is 453 g/mol. The summed E-state index contributed by atoms with van der Waals surface area (Å²) in [5.41, 5.74) is 2.78. The zero-order valence-electron chi connectivity index (χ0n) is 17.6. The second kappa shape index (κ2) is 9.73. The molecule has 0 spiro atoms. The van der Waals surface area contributed by atoms with Crippen LogP contribution in [0.25, 0.3) is 23.1 Å². The van der Waals surface area contributed by atoms with Crippen molar-refractivity contribution >= 4 is 17.7 Å². The van der Waals surface area contributed by atoms with E-state index in [1.807, 2.05) is 42.7 Å². The normalized spacial score (nSPS) is 11.0.